The summed E-state index contributed by atoms with van der Waals surface area (Å²) in [4.78, 5) is 22.5. The zero-order valence-corrected chi connectivity index (χ0v) is 15.9. The molecule has 0 aromatic rings. The van der Waals surface area contributed by atoms with Crippen LogP contribution < -0.4 is 0 Å². The summed E-state index contributed by atoms with van der Waals surface area (Å²) in [7, 11) is 2.69. The van der Waals surface area contributed by atoms with Gasteiger partial charge in [0, 0.05) is 0 Å². The highest BCUT2D eigenvalue weighted by Gasteiger charge is 2.41. The molecule has 0 bridgehead atoms. The molecule has 25 heavy (non-hydrogen) atoms. The van der Waals surface area contributed by atoms with Gasteiger partial charge in [-0.1, -0.05) is 13.8 Å². The van der Waals surface area contributed by atoms with Crippen molar-refractivity contribution in [3.05, 3.63) is 0 Å². The number of hydrogen-bond donors (Lipinski definition) is 0. The SMILES string of the molecule is COC(=O)OC1CCC(C(C)(C)C2CCC(OC(=O)OC)CC2)CC1. The highest BCUT2D eigenvalue weighted by molar-refractivity contribution is 5.60. The van der Waals surface area contributed by atoms with Gasteiger partial charge < -0.3 is 18.9 Å². The molecule has 0 N–H and O–H groups in total. The van der Waals surface area contributed by atoms with Crippen LogP contribution >= 0.6 is 0 Å². The van der Waals surface area contributed by atoms with E-state index in [2.05, 4.69) is 23.3 Å². The van der Waals surface area contributed by atoms with Gasteiger partial charge in [0.15, 0.2) is 0 Å². The van der Waals surface area contributed by atoms with Crippen LogP contribution in [0.1, 0.15) is 65.2 Å². The van der Waals surface area contributed by atoms with Crippen LogP contribution in [0, 0.1) is 17.3 Å². The molecule has 6 nitrogen and oxygen atoms in total. The quantitative estimate of drug-likeness (QED) is 0.680. The molecular formula is C19H32O6. The second-order valence-electron chi connectivity index (χ2n) is 7.91. The summed E-state index contributed by atoms with van der Waals surface area (Å²) < 4.78 is 19.7. The monoisotopic (exact) mass is 356 g/mol. The van der Waals surface area contributed by atoms with E-state index in [1.54, 1.807) is 0 Å². The normalized spacial score (nSPS) is 30.2. The molecule has 0 aromatic heterocycles. The van der Waals surface area contributed by atoms with Gasteiger partial charge in [-0.05, 0) is 68.6 Å². The summed E-state index contributed by atoms with van der Waals surface area (Å²) in [6.07, 6.45) is 6.76. The molecule has 0 radical (unpaired) electrons. The number of ether oxygens (including phenoxy) is 4. The van der Waals surface area contributed by atoms with Crippen molar-refractivity contribution in [3.8, 4) is 0 Å². The lowest BCUT2D eigenvalue weighted by atomic mass is 9.60. The van der Waals surface area contributed by atoms with Crippen LogP contribution in [-0.2, 0) is 18.9 Å². The zero-order valence-electron chi connectivity index (χ0n) is 15.9. The molecule has 0 atom stereocenters. The Balaban J connectivity index is 1.80. The van der Waals surface area contributed by atoms with Crippen molar-refractivity contribution < 1.29 is 28.5 Å². The van der Waals surface area contributed by atoms with Crippen LogP contribution in [0.5, 0.6) is 0 Å². The maximum atomic E-state index is 11.2. The molecule has 0 saturated heterocycles. The summed E-state index contributed by atoms with van der Waals surface area (Å²) >= 11 is 0. The van der Waals surface area contributed by atoms with E-state index >= 15 is 0 Å². The minimum absolute atomic E-state index is 0.0105. The van der Waals surface area contributed by atoms with Crippen molar-refractivity contribution in [2.75, 3.05) is 14.2 Å². The third kappa shape index (κ3) is 5.25. The van der Waals surface area contributed by atoms with Crippen LogP contribution in [0.2, 0.25) is 0 Å². The van der Waals surface area contributed by atoms with Crippen LogP contribution in [0.4, 0.5) is 9.59 Å². The van der Waals surface area contributed by atoms with Gasteiger partial charge >= 0.3 is 12.3 Å². The lowest BCUT2D eigenvalue weighted by Crippen LogP contribution is -2.39. The summed E-state index contributed by atoms with van der Waals surface area (Å²) in [5.74, 6) is 1.26. The van der Waals surface area contributed by atoms with Crippen molar-refractivity contribution in [1.29, 1.82) is 0 Å². The first-order chi connectivity index (χ1) is 11.9. The molecule has 2 rings (SSSR count). The Morgan fingerprint density at radius 2 is 1.00 bits per heavy atom. The number of carbonyl (C=O) groups excluding carboxylic acids is 2. The summed E-state index contributed by atoms with van der Waals surface area (Å²) in [5, 5.41) is 0. The standard InChI is InChI=1S/C19H32O6/c1-19(2,13-5-9-15(10-6-13)24-17(20)22-3)14-7-11-16(12-8-14)25-18(21)23-4/h13-16H,5-12H2,1-4H3. The van der Waals surface area contributed by atoms with Gasteiger partial charge in [0.2, 0.25) is 0 Å². The van der Waals surface area contributed by atoms with Crippen LogP contribution in [0.25, 0.3) is 0 Å². The number of rotatable bonds is 4. The van der Waals surface area contributed by atoms with E-state index in [4.69, 9.17) is 9.47 Å². The Morgan fingerprint density at radius 1 is 0.680 bits per heavy atom. The van der Waals surface area contributed by atoms with E-state index in [0.717, 1.165) is 51.4 Å². The second-order valence-corrected chi connectivity index (χ2v) is 7.91. The van der Waals surface area contributed by atoms with E-state index in [1.165, 1.54) is 14.2 Å². The minimum atomic E-state index is -0.577. The molecule has 6 heteroatoms. The first-order valence-electron chi connectivity index (χ1n) is 9.36. The fraction of sp³-hybridized carbons (Fsp3) is 0.895. The molecule has 2 aliphatic rings. The second kappa shape index (κ2) is 8.77. The molecular weight excluding hydrogens is 324 g/mol. The Kier molecular flexibility index (Phi) is 6.96. The van der Waals surface area contributed by atoms with Gasteiger partial charge in [0.25, 0.3) is 0 Å². The maximum absolute atomic E-state index is 11.2. The number of methoxy groups -OCH3 is 2. The molecule has 0 aromatic carbocycles. The minimum Gasteiger partial charge on any atom is -0.438 e. The Labute approximate surface area is 150 Å². The van der Waals surface area contributed by atoms with Gasteiger partial charge in [-0.2, -0.15) is 0 Å². The molecule has 144 valence electrons. The van der Waals surface area contributed by atoms with Crippen molar-refractivity contribution in [3.63, 3.8) is 0 Å². The highest BCUT2D eigenvalue weighted by atomic mass is 16.7. The average Bonchev–Trinajstić information content (AvgIpc) is 2.62. The maximum Gasteiger partial charge on any atom is 0.508 e. The summed E-state index contributed by atoms with van der Waals surface area (Å²) in [6, 6.07) is 0. The van der Waals surface area contributed by atoms with Crippen LogP contribution in [-0.4, -0.2) is 38.7 Å². The Hall–Kier alpha value is -1.46. The molecule has 2 fully saturated rings. The van der Waals surface area contributed by atoms with Gasteiger partial charge in [0.1, 0.15) is 12.2 Å². The van der Waals surface area contributed by atoms with Crippen LogP contribution in [0.15, 0.2) is 0 Å². The van der Waals surface area contributed by atoms with E-state index in [9.17, 15) is 9.59 Å². The fourth-order valence-corrected chi connectivity index (χ4v) is 4.55. The highest BCUT2D eigenvalue weighted by Crippen LogP contribution is 2.48. The smallest absolute Gasteiger partial charge is 0.438 e. The molecule has 0 unspecified atom stereocenters. The largest absolute Gasteiger partial charge is 0.508 e. The number of hydrogen-bond acceptors (Lipinski definition) is 6. The third-order valence-electron chi connectivity index (χ3n) is 6.31. The number of carbonyl (C=O) groups is 2. The summed E-state index contributed by atoms with van der Waals surface area (Å²) in [6.45, 7) is 4.73. The molecule has 2 aliphatic carbocycles. The lowest BCUT2D eigenvalue weighted by molar-refractivity contribution is -0.0254. The fourth-order valence-electron chi connectivity index (χ4n) is 4.55. The van der Waals surface area contributed by atoms with Gasteiger partial charge in [0.05, 0.1) is 14.2 Å². The van der Waals surface area contributed by atoms with Crippen molar-refractivity contribution in [2.45, 2.75) is 77.4 Å². The van der Waals surface area contributed by atoms with Crippen molar-refractivity contribution in [2.24, 2.45) is 17.3 Å². The Bertz CT molecular complexity index is 405. The summed E-state index contributed by atoms with van der Waals surface area (Å²) in [5.41, 5.74) is 0.243. The lowest BCUT2D eigenvalue weighted by Gasteiger charge is -2.46. The predicted molar refractivity (Wildman–Crippen MR) is 92.3 cm³/mol. The van der Waals surface area contributed by atoms with Gasteiger partial charge in [-0.15, -0.1) is 0 Å². The molecule has 0 amide bonds. The van der Waals surface area contributed by atoms with E-state index in [-0.39, 0.29) is 17.6 Å². The van der Waals surface area contributed by atoms with E-state index < -0.39 is 12.3 Å². The van der Waals surface area contributed by atoms with Crippen molar-refractivity contribution in [1.82, 2.24) is 0 Å². The molecule has 0 spiro atoms. The average molecular weight is 356 g/mol. The van der Waals surface area contributed by atoms with Gasteiger partial charge in [-0.3, -0.25) is 0 Å². The molecule has 0 heterocycles. The van der Waals surface area contributed by atoms with E-state index in [0.29, 0.717) is 11.8 Å². The molecule has 0 aliphatic heterocycles. The van der Waals surface area contributed by atoms with E-state index in [1.807, 2.05) is 0 Å². The van der Waals surface area contributed by atoms with Crippen LogP contribution in [0.3, 0.4) is 0 Å². The molecule has 2 saturated carbocycles. The first-order valence-corrected chi connectivity index (χ1v) is 9.36. The van der Waals surface area contributed by atoms with Crippen molar-refractivity contribution >= 4 is 12.3 Å². The Morgan fingerprint density at radius 3 is 1.28 bits per heavy atom. The topological polar surface area (TPSA) is 71.1 Å². The zero-order chi connectivity index (χ0) is 18.4. The van der Waals surface area contributed by atoms with Gasteiger partial charge in [-0.25, -0.2) is 9.59 Å². The predicted octanol–water partition coefficient (Wildman–Crippen LogP) is 4.70. The third-order valence-corrected chi connectivity index (χ3v) is 6.31. The first kappa shape index (κ1) is 19.9.